The van der Waals surface area contributed by atoms with Gasteiger partial charge in [0.25, 0.3) is 0 Å². The molecule has 5 nitrogen and oxygen atoms in total. The van der Waals surface area contributed by atoms with Gasteiger partial charge in [0, 0.05) is 16.7 Å². The van der Waals surface area contributed by atoms with Crippen molar-refractivity contribution in [3.8, 4) is 0 Å². The molecule has 1 fully saturated rings. The standard InChI is InChI=1S/C13H15BrN2O3/c14-11-4-3-9(6-10(11)13(18)19)16-12(17)8-2-1-5-15-7-8/h3-4,6,8,15H,1-2,5,7H2,(H,16,17)(H,18,19). The molecule has 0 spiro atoms. The number of piperidine rings is 1. The van der Waals surface area contributed by atoms with E-state index < -0.39 is 5.97 Å². The molecule has 1 aromatic rings. The molecule has 1 amide bonds. The number of benzene rings is 1. The lowest BCUT2D eigenvalue weighted by Crippen LogP contribution is -2.37. The Morgan fingerprint density at radius 1 is 1.42 bits per heavy atom. The molecular weight excluding hydrogens is 312 g/mol. The van der Waals surface area contributed by atoms with Gasteiger partial charge < -0.3 is 15.7 Å². The smallest absolute Gasteiger partial charge is 0.336 e. The van der Waals surface area contributed by atoms with Crippen LogP contribution in [0.25, 0.3) is 0 Å². The van der Waals surface area contributed by atoms with Crippen molar-refractivity contribution in [2.75, 3.05) is 18.4 Å². The fourth-order valence-corrected chi connectivity index (χ4v) is 2.50. The van der Waals surface area contributed by atoms with Gasteiger partial charge in [-0.25, -0.2) is 4.79 Å². The molecule has 1 aliphatic rings. The molecule has 1 atom stereocenters. The number of carbonyl (C=O) groups is 2. The zero-order valence-electron chi connectivity index (χ0n) is 10.3. The number of nitrogens with one attached hydrogen (secondary N) is 2. The van der Waals surface area contributed by atoms with Crippen LogP contribution in [-0.2, 0) is 4.79 Å². The molecule has 2 rings (SSSR count). The van der Waals surface area contributed by atoms with E-state index in [-0.39, 0.29) is 17.4 Å². The molecule has 1 aliphatic heterocycles. The van der Waals surface area contributed by atoms with E-state index in [2.05, 4.69) is 26.6 Å². The summed E-state index contributed by atoms with van der Waals surface area (Å²) in [6.07, 6.45) is 1.85. The van der Waals surface area contributed by atoms with Crippen molar-refractivity contribution in [2.24, 2.45) is 5.92 Å². The Hall–Kier alpha value is -1.40. The Morgan fingerprint density at radius 3 is 2.84 bits per heavy atom. The van der Waals surface area contributed by atoms with Crippen molar-refractivity contribution in [2.45, 2.75) is 12.8 Å². The second-order valence-electron chi connectivity index (χ2n) is 4.53. The van der Waals surface area contributed by atoms with Crippen molar-refractivity contribution < 1.29 is 14.7 Å². The molecule has 1 saturated heterocycles. The molecule has 0 saturated carbocycles. The van der Waals surface area contributed by atoms with Crippen LogP contribution in [0.3, 0.4) is 0 Å². The average Bonchev–Trinajstić information content (AvgIpc) is 2.41. The second kappa shape index (κ2) is 6.16. The first-order valence-corrected chi connectivity index (χ1v) is 6.91. The number of rotatable bonds is 3. The predicted molar refractivity (Wildman–Crippen MR) is 75.3 cm³/mol. The maximum absolute atomic E-state index is 12.0. The molecule has 1 unspecified atom stereocenters. The lowest BCUT2D eigenvalue weighted by molar-refractivity contribution is -0.120. The van der Waals surface area contributed by atoms with Gasteiger partial charge in [-0.15, -0.1) is 0 Å². The van der Waals surface area contributed by atoms with Crippen LogP contribution >= 0.6 is 15.9 Å². The van der Waals surface area contributed by atoms with Gasteiger partial charge in [-0.05, 0) is 53.5 Å². The van der Waals surface area contributed by atoms with Gasteiger partial charge in [0.2, 0.25) is 5.91 Å². The Labute approximate surface area is 119 Å². The van der Waals surface area contributed by atoms with Gasteiger partial charge in [-0.1, -0.05) is 0 Å². The van der Waals surface area contributed by atoms with Gasteiger partial charge in [0.15, 0.2) is 0 Å². The molecular formula is C13H15BrN2O3. The number of halogens is 1. The summed E-state index contributed by atoms with van der Waals surface area (Å²) >= 11 is 3.17. The Bertz CT molecular complexity index is 499. The summed E-state index contributed by atoms with van der Waals surface area (Å²) in [5.74, 6) is -1.14. The van der Waals surface area contributed by atoms with E-state index >= 15 is 0 Å². The Kier molecular flexibility index (Phi) is 4.55. The van der Waals surface area contributed by atoms with Crippen LogP contribution in [0.2, 0.25) is 0 Å². The van der Waals surface area contributed by atoms with E-state index in [1.807, 2.05) is 0 Å². The number of anilines is 1. The van der Waals surface area contributed by atoms with E-state index in [1.54, 1.807) is 12.1 Å². The van der Waals surface area contributed by atoms with Crippen molar-refractivity contribution in [3.05, 3.63) is 28.2 Å². The number of amides is 1. The molecule has 0 aromatic heterocycles. The summed E-state index contributed by atoms with van der Waals surface area (Å²) in [6.45, 7) is 1.62. The molecule has 1 heterocycles. The van der Waals surface area contributed by atoms with Crippen LogP contribution in [0.5, 0.6) is 0 Å². The fraction of sp³-hybridized carbons (Fsp3) is 0.385. The molecule has 6 heteroatoms. The summed E-state index contributed by atoms with van der Waals surface area (Å²) in [7, 11) is 0. The molecule has 19 heavy (non-hydrogen) atoms. The largest absolute Gasteiger partial charge is 0.478 e. The number of carbonyl (C=O) groups excluding carboxylic acids is 1. The van der Waals surface area contributed by atoms with E-state index in [4.69, 9.17) is 5.11 Å². The maximum Gasteiger partial charge on any atom is 0.336 e. The van der Waals surface area contributed by atoms with E-state index in [9.17, 15) is 9.59 Å². The van der Waals surface area contributed by atoms with Gasteiger partial charge >= 0.3 is 5.97 Å². The molecule has 0 radical (unpaired) electrons. The van der Waals surface area contributed by atoms with Crippen molar-refractivity contribution in [3.63, 3.8) is 0 Å². The third kappa shape index (κ3) is 3.54. The summed E-state index contributed by atoms with van der Waals surface area (Å²) in [6, 6.07) is 4.77. The first-order chi connectivity index (χ1) is 9.08. The highest BCUT2D eigenvalue weighted by Gasteiger charge is 2.21. The third-order valence-electron chi connectivity index (χ3n) is 3.13. The Morgan fingerprint density at radius 2 is 2.21 bits per heavy atom. The maximum atomic E-state index is 12.0. The van der Waals surface area contributed by atoms with E-state index in [1.165, 1.54) is 6.07 Å². The molecule has 1 aromatic carbocycles. The van der Waals surface area contributed by atoms with Crippen LogP contribution in [0.4, 0.5) is 5.69 Å². The lowest BCUT2D eigenvalue weighted by Gasteiger charge is -2.22. The summed E-state index contributed by atoms with van der Waals surface area (Å²) in [5, 5.41) is 15.0. The summed E-state index contributed by atoms with van der Waals surface area (Å²) in [4.78, 5) is 23.0. The van der Waals surface area contributed by atoms with Gasteiger partial charge in [0.1, 0.15) is 0 Å². The van der Waals surface area contributed by atoms with Gasteiger partial charge in [0.05, 0.1) is 11.5 Å². The first kappa shape index (κ1) is 14.0. The normalized spacial score (nSPS) is 18.9. The molecule has 102 valence electrons. The van der Waals surface area contributed by atoms with Gasteiger partial charge in [-0.3, -0.25) is 4.79 Å². The summed E-state index contributed by atoms with van der Waals surface area (Å²) in [5.41, 5.74) is 0.649. The van der Waals surface area contributed by atoms with Crippen LogP contribution in [-0.4, -0.2) is 30.1 Å². The number of carboxylic acids is 1. The molecule has 0 bridgehead atoms. The topological polar surface area (TPSA) is 78.4 Å². The zero-order chi connectivity index (χ0) is 13.8. The monoisotopic (exact) mass is 326 g/mol. The van der Waals surface area contributed by atoms with Crippen molar-refractivity contribution in [1.29, 1.82) is 0 Å². The number of hydrogen-bond acceptors (Lipinski definition) is 3. The van der Waals surface area contributed by atoms with Crippen LogP contribution in [0.1, 0.15) is 23.2 Å². The Balaban J connectivity index is 2.08. The summed E-state index contributed by atoms with van der Waals surface area (Å²) < 4.78 is 0.498. The number of hydrogen-bond donors (Lipinski definition) is 3. The fourth-order valence-electron chi connectivity index (χ4n) is 2.09. The van der Waals surface area contributed by atoms with Crippen LogP contribution < -0.4 is 10.6 Å². The average molecular weight is 327 g/mol. The first-order valence-electron chi connectivity index (χ1n) is 6.12. The highest BCUT2D eigenvalue weighted by atomic mass is 79.9. The van der Waals surface area contributed by atoms with E-state index in [0.29, 0.717) is 16.7 Å². The number of carboxylic acid groups (broad SMARTS) is 1. The highest BCUT2D eigenvalue weighted by Crippen LogP contribution is 2.22. The van der Waals surface area contributed by atoms with Crippen LogP contribution in [0, 0.1) is 5.92 Å². The molecule has 0 aliphatic carbocycles. The molecule has 3 N–H and O–H groups in total. The minimum atomic E-state index is -1.03. The van der Waals surface area contributed by atoms with Crippen LogP contribution in [0.15, 0.2) is 22.7 Å². The highest BCUT2D eigenvalue weighted by molar-refractivity contribution is 9.10. The van der Waals surface area contributed by atoms with Crippen molar-refractivity contribution >= 4 is 33.5 Å². The van der Waals surface area contributed by atoms with Gasteiger partial charge in [-0.2, -0.15) is 0 Å². The SMILES string of the molecule is O=C(O)c1cc(NC(=O)C2CCCNC2)ccc1Br. The third-order valence-corrected chi connectivity index (χ3v) is 3.82. The van der Waals surface area contributed by atoms with E-state index in [0.717, 1.165) is 19.4 Å². The quantitative estimate of drug-likeness (QED) is 0.794. The minimum absolute atomic E-state index is 0.0503. The predicted octanol–water partition coefficient (Wildman–Crippen LogP) is 2.09. The second-order valence-corrected chi connectivity index (χ2v) is 5.39. The van der Waals surface area contributed by atoms with Crippen molar-refractivity contribution in [1.82, 2.24) is 5.32 Å². The minimum Gasteiger partial charge on any atom is -0.478 e. The lowest BCUT2D eigenvalue weighted by atomic mass is 9.99. The zero-order valence-corrected chi connectivity index (χ0v) is 11.9. The number of aromatic carboxylic acids is 1.